The molecule has 2 atom stereocenters. The molecule has 0 aromatic heterocycles. The van der Waals surface area contributed by atoms with Gasteiger partial charge in [0.1, 0.15) is 0 Å². The summed E-state index contributed by atoms with van der Waals surface area (Å²) in [7, 11) is -3.40. The van der Waals surface area contributed by atoms with Gasteiger partial charge in [-0.1, -0.05) is 26.0 Å². The monoisotopic (exact) mass is 308 g/mol. The van der Waals surface area contributed by atoms with Crippen LogP contribution in [0, 0.1) is 0 Å². The lowest BCUT2D eigenvalue weighted by Crippen LogP contribution is -2.47. The fourth-order valence-electron chi connectivity index (χ4n) is 3.47. The van der Waals surface area contributed by atoms with E-state index in [0.717, 1.165) is 18.4 Å². The first-order valence-electron chi connectivity index (χ1n) is 7.82. The minimum Gasteiger partial charge on any atom is -0.311 e. The third-order valence-electron chi connectivity index (χ3n) is 4.65. The summed E-state index contributed by atoms with van der Waals surface area (Å²) in [6, 6.07) is 8.29. The quantitative estimate of drug-likeness (QED) is 0.898. The number of rotatable bonds is 4. The topological polar surface area (TPSA) is 58.2 Å². The first kappa shape index (κ1) is 15.0. The molecule has 5 heteroatoms. The number of piperidine rings is 1. The smallest absolute Gasteiger partial charge is 0.240 e. The molecule has 2 aliphatic rings. The van der Waals surface area contributed by atoms with Gasteiger partial charge >= 0.3 is 0 Å². The summed E-state index contributed by atoms with van der Waals surface area (Å²) in [4.78, 5) is 0.373. The first-order valence-corrected chi connectivity index (χ1v) is 9.31. The highest BCUT2D eigenvalue weighted by Gasteiger charge is 2.35. The van der Waals surface area contributed by atoms with Crippen molar-refractivity contribution < 1.29 is 8.42 Å². The van der Waals surface area contributed by atoms with E-state index >= 15 is 0 Å². The van der Waals surface area contributed by atoms with Crippen molar-refractivity contribution in [3.63, 3.8) is 0 Å². The Hall–Kier alpha value is -0.910. The molecule has 2 aliphatic heterocycles. The Morgan fingerprint density at radius 3 is 2.19 bits per heavy atom. The molecule has 21 heavy (non-hydrogen) atoms. The van der Waals surface area contributed by atoms with Gasteiger partial charge in [0.2, 0.25) is 10.0 Å². The fraction of sp³-hybridized carbons (Fsp3) is 0.625. The van der Waals surface area contributed by atoms with E-state index in [-0.39, 0.29) is 6.04 Å². The standard InChI is InChI=1S/C16H24N2O2S/c1-11(2)12-3-7-16(8-4-12)21(19,20)18-15-9-13-5-6-14(10-15)17-13/h3-4,7-8,11,13-15,17-18H,5-6,9-10H2,1-2H3. The Morgan fingerprint density at radius 1 is 1.10 bits per heavy atom. The highest BCUT2D eigenvalue weighted by Crippen LogP contribution is 2.28. The molecular formula is C16H24N2O2S. The molecule has 1 aromatic carbocycles. The SMILES string of the molecule is CC(C)c1ccc(S(=O)(=O)NC2CC3CCC(C2)N3)cc1. The highest BCUT2D eigenvalue weighted by molar-refractivity contribution is 7.89. The maximum absolute atomic E-state index is 12.5. The Kier molecular flexibility index (Phi) is 4.08. The van der Waals surface area contributed by atoms with Crippen LogP contribution in [0.25, 0.3) is 0 Å². The van der Waals surface area contributed by atoms with Crippen LogP contribution in [0.15, 0.2) is 29.2 Å². The minimum absolute atomic E-state index is 0.0681. The van der Waals surface area contributed by atoms with E-state index in [1.165, 1.54) is 12.8 Å². The lowest BCUT2D eigenvalue weighted by molar-refractivity contribution is 0.345. The van der Waals surface area contributed by atoms with Crippen LogP contribution in [0.1, 0.15) is 51.0 Å². The molecule has 4 nitrogen and oxygen atoms in total. The van der Waals surface area contributed by atoms with Crippen LogP contribution >= 0.6 is 0 Å². The Bertz CT molecular complexity index is 583. The van der Waals surface area contributed by atoms with Crippen molar-refractivity contribution in [2.24, 2.45) is 0 Å². The van der Waals surface area contributed by atoms with Crippen molar-refractivity contribution in [1.29, 1.82) is 0 Å². The van der Waals surface area contributed by atoms with Gasteiger partial charge in [-0.25, -0.2) is 13.1 Å². The first-order chi connectivity index (χ1) is 9.94. The second-order valence-electron chi connectivity index (χ2n) is 6.65. The third-order valence-corrected chi connectivity index (χ3v) is 6.19. The van der Waals surface area contributed by atoms with Crippen LogP contribution < -0.4 is 10.0 Å². The van der Waals surface area contributed by atoms with Crippen LogP contribution in [0.4, 0.5) is 0 Å². The van der Waals surface area contributed by atoms with E-state index < -0.39 is 10.0 Å². The molecule has 0 saturated carbocycles. The van der Waals surface area contributed by atoms with E-state index in [4.69, 9.17) is 0 Å². The summed E-state index contributed by atoms with van der Waals surface area (Å²) in [5.41, 5.74) is 1.16. The van der Waals surface area contributed by atoms with Gasteiger partial charge in [-0.2, -0.15) is 0 Å². The number of benzene rings is 1. The summed E-state index contributed by atoms with van der Waals surface area (Å²) in [6.45, 7) is 4.21. The second-order valence-corrected chi connectivity index (χ2v) is 8.37. The van der Waals surface area contributed by atoms with Crippen molar-refractivity contribution in [3.8, 4) is 0 Å². The zero-order chi connectivity index (χ0) is 15.0. The van der Waals surface area contributed by atoms with Crippen LogP contribution in [0.2, 0.25) is 0 Å². The molecule has 2 bridgehead atoms. The minimum atomic E-state index is -3.40. The zero-order valence-corrected chi connectivity index (χ0v) is 13.5. The predicted octanol–water partition coefficient (Wildman–Crippen LogP) is 2.37. The third kappa shape index (κ3) is 3.30. The molecule has 0 spiro atoms. The maximum Gasteiger partial charge on any atom is 0.240 e. The number of nitrogens with one attached hydrogen (secondary N) is 2. The number of hydrogen-bond acceptors (Lipinski definition) is 3. The van der Waals surface area contributed by atoms with Crippen LogP contribution in [0.3, 0.4) is 0 Å². The van der Waals surface area contributed by atoms with Gasteiger partial charge in [-0.05, 0) is 49.3 Å². The maximum atomic E-state index is 12.5. The van der Waals surface area contributed by atoms with E-state index in [9.17, 15) is 8.42 Å². The van der Waals surface area contributed by atoms with Crippen molar-refractivity contribution in [2.75, 3.05) is 0 Å². The van der Waals surface area contributed by atoms with Crippen LogP contribution in [-0.2, 0) is 10.0 Å². The molecular weight excluding hydrogens is 284 g/mol. The molecule has 1 aromatic rings. The van der Waals surface area contributed by atoms with Gasteiger partial charge in [-0.15, -0.1) is 0 Å². The molecule has 2 saturated heterocycles. The van der Waals surface area contributed by atoms with Crippen molar-refractivity contribution >= 4 is 10.0 Å². The summed E-state index contributed by atoms with van der Waals surface area (Å²) < 4.78 is 27.9. The van der Waals surface area contributed by atoms with Gasteiger partial charge in [0, 0.05) is 18.1 Å². The average molecular weight is 308 g/mol. The number of hydrogen-bond donors (Lipinski definition) is 2. The molecule has 2 fully saturated rings. The largest absolute Gasteiger partial charge is 0.311 e. The van der Waals surface area contributed by atoms with E-state index in [0.29, 0.717) is 22.9 Å². The Balaban J connectivity index is 1.71. The van der Waals surface area contributed by atoms with E-state index in [1.807, 2.05) is 12.1 Å². The highest BCUT2D eigenvalue weighted by atomic mass is 32.2. The lowest BCUT2D eigenvalue weighted by Gasteiger charge is -2.29. The van der Waals surface area contributed by atoms with Crippen molar-refractivity contribution in [1.82, 2.24) is 10.0 Å². The summed E-state index contributed by atoms with van der Waals surface area (Å²) in [5.74, 6) is 0.412. The van der Waals surface area contributed by atoms with Gasteiger partial charge < -0.3 is 5.32 Å². The van der Waals surface area contributed by atoms with Crippen LogP contribution in [0.5, 0.6) is 0 Å². The molecule has 2 N–H and O–H groups in total. The number of sulfonamides is 1. The van der Waals surface area contributed by atoms with Gasteiger partial charge in [0.05, 0.1) is 4.90 Å². The Labute approximate surface area is 127 Å². The normalized spacial score (nSPS) is 29.0. The Morgan fingerprint density at radius 2 is 1.67 bits per heavy atom. The summed E-state index contributed by atoms with van der Waals surface area (Å²) in [5, 5.41) is 3.53. The van der Waals surface area contributed by atoms with Crippen LogP contribution in [-0.4, -0.2) is 26.5 Å². The van der Waals surface area contributed by atoms with Gasteiger partial charge in [0.15, 0.2) is 0 Å². The predicted molar refractivity (Wildman–Crippen MR) is 83.8 cm³/mol. The summed E-state index contributed by atoms with van der Waals surface area (Å²) >= 11 is 0. The molecule has 2 unspecified atom stereocenters. The lowest BCUT2D eigenvalue weighted by atomic mass is 10.0. The second kappa shape index (κ2) is 5.71. The molecule has 3 rings (SSSR count). The molecule has 0 amide bonds. The van der Waals surface area contributed by atoms with E-state index in [2.05, 4.69) is 23.9 Å². The molecule has 0 aliphatic carbocycles. The molecule has 0 radical (unpaired) electrons. The average Bonchev–Trinajstić information content (AvgIpc) is 2.77. The molecule has 116 valence electrons. The molecule has 2 heterocycles. The summed E-state index contributed by atoms with van der Waals surface area (Å²) in [6.07, 6.45) is 4.15. The fourth-order valence-corrected chi connectivity index (χ4v) is 4.73. The van der Waals surface area contributed by atoms with Gasteiger partial charge in [-0.3, -0.25) is 0 Å². The van der Waals surface area contributed by atoms with Gasteiger partial charge in [0.25, 0.3) is 0 Å². The van der Waals surface area contributed by atoms with Crippen molar-refractivity contribution in [2.45, 2.75) is 68.5 Å². The zero-order valence-electron chi connectivity index (χ0n) is 12.7. The van der Waals surface area contributed by atoms with Crippen molar-refractivity contribution in [3.05, 3.63) is 29.8 Å². The van der Waals surface area contributed by atoms with E-state index in [1.54, 1.807) is 12.1 Å². The number of fused-ring (bicyclic) bond motifs is 2.